The third-order valence-corrected chi connectivity index (χ3v) is 6.31. The molecule has 5 nitrogen and oxygen atoms in total. The highest BCUT2D eigenvalue weighted by atomic mass is 32.1. The van der Waals surface area contributed by atoms with Gasteiger partial charge < -0.3 is 4.90 Å². The van der Waals surface area contributed by atoms with Crippen LogP contribution in [0.15, 0.2) is 17.2 Å². The zero-order chi connectivity index (χ0) is 18.3. The molecule has 140 valence electrons. The minimum absolute atomic E-state index is 0.259. The minimum atomic E-state index is -4.59. The Morgan fingerprint density at radius 2 is 2.00 bits per heavy atom. The van der Waals surface area contributed by atoms with E-state index in [9.17, 15) is 18.0 Å². The molecule has 0 aromatic carbocycles. The number of hydrogen-bond donors (Lipinski definition) is 0. The maximum Gasteiger partial charge on any atom is 0.433 e. The molecule has 26 heavy (non-hydrogen) atoms. The van der Waals surface area contributed by atoms with E-state index in [0.717, 1.165) is 50.2 Å². The van der Waals surface area contributed by atoms with E-state index in [4.69, 9.17) is 4.98 Å². The number of thiazole rings is 1. The van der Waals surface area contributed by atoms with Gasteiger partial charge >= 0.3 is 6.18 Å². The van der Waals surface area contributed by atoms with Gasteiger partial charge in [0.15, 0.2) is 10.8 Å². The molecule has 1 aliphatic carbocycles. The van der Waals surface area contributed by atoms with Crippen molar-refractivity contribution in [1.29, 1.82) is 0 Å². The number of halogens is 3. The molecular weight excluding hydrogens is 365 g/mol. The standard InChI is InChI=1S/C17H19F3N4OS/c18-17(19,20)14-8-15(25)24(10-21-14)9-11-4-6-23(7-5-11)16-22-12-2-1-3-13(12)26-16/h8,10-11H,1-7,9H2. The summed E-state index contributed by atoms with van der Waals surface area (Å²) in [7, 11) is 0. The van der Waals surface area contributed by atoms with Crippen molar-refractivity contribution in [2.45, 2.75) is 44.8 Å². The summed E-state index contributed by atoms with van der Waals surface area (Å²) in [4.78, 5) is 23.8. The zero-order valence-corrected chi connectivity index (χ0v) is 14.9. The second-order valence-electron chi connectivity index (χ2n) is 6.91. The van der Waals surface area contributed by atoms with E-state index >= 15 is 0 Å². The second-order valence-corrected chi connectivity index (χ2v) is 7.97. The van der Waals surface area contributed by atoms with Crippen LogP contribution in [0, 0.1) is 5.92 Å². The smallest absolute Gasteiger partial charge is 0.348 e. The van der Waals surface area contributed by atoms with Crippen molar-refractivity contribution in [3.05, 3.63) is 39.0 Å². The Morgan fingerprint density at radius 1 is 1.23 bits per heavy atom. The van der Waals surface area contributed by atoms with Crippen LogP contribution in [0.1, 0.15) is 35.5 Å². The molecule has 0 unspecified atom stereocenters. The predicted octanol–water partition coefficient (Wildman–Crippen LogP) is 3.12. The molecule has 0 spiro atoms. The van der Waals surface area contributed by atoms with Crippen molar-refractivity contribution < 1.29 is 13.2 Å². The van der Waals surface area contributed by atoms with Gasteiger partial charge in [0.1, 0.15) is 0 Å². The number of alkyl halides is 3. The van der Waals surface area contributed by atoms with Crippen LogP contribution in [0.4, 0.5) is 18.3 Å². The van der Waals surface area contributed by atoms with Crippen LogP contribution in [0.3, 0.4) is 0 Å². The van der Waals surface area contributed by atoms with Crippen molar-refractivity contribution in [3.63, 3.8) is 0 Å². The van der Waals surface area contributed by atoms with Crippen LogP contribution in [-0.4, -0.2) is 27.6 Å². The first-order valence-electron chi connectivity index (χ1n) is 8.77. The summed E-state index contributed by atoms with van der Waals surface area (Å²) >= 11 is 1.78. The van der Waals surface area contributed by atoms with Crippen molar-refractivity contribution in [2.24, 2.45) is 5.92 Å². The zero-order valence-electron chi connectivity index (χ0n) is 14.1. The van der Waals surface area contributed by atoms with Crippen molar-refractivity contribution >= 4 is 16.5 Å². The average Bonchev–Trinajstić information content (AvgIpc) is 3.18. The SMILES string of the molecule is O=c1cc(C(F)(F)F)ncn1CC1CCN(c2nc3c(s2)CCC3)CC1. The van der Waals surface area contributed by atoms with Gasteiger partial charge in [-0.1, -0.05) is 0 Å². The van der Waals surface area contributed by atoms with Gasteiger partial charge in [0.05, 0.1) is 12.0 Å². The number of anilines is 1. The topological polar surface area (TPSA) is 51.0 Å². The molecular formula is C17H19F3N4OS. The highest BCUT2D eigenvalue weighted by Gasteiger charge is 2.33. The van der Waals surface area contributed by atoms with E-state index in [1.807, 2.05) is 0 Å². The van der Waals surface area contributed by atoms with Crippen LogP contribution in [0.5, 0.6) is 0 Å². The maximum absolute atomic E-state index is 12.6. The number of aromatic nitrogens is 3. The molecule has 2 aromatic heterocycles. The molecule has 2 aliphatic rings. The van der Waals surface area contributed by atoms with Crippen molar-refractivity contribution in [3.8, 4) is 0 Å². The van der Waals surface area contributed by atoms with Crippen LogP contribution >= 0.6 is 11.3 Å². The summed E-state index contributed by atoms with van der Waals surface area (Å²) in [5.74, 6) is 0.259. The fraction of sp³-hybridized carbons (Fsp3) is 0.588. The molecule has 4 rings (SSSR count). The number of rotatable bonds is 3. The van der Waals surface area contributed by atoms with E-state index in [1.54, 1.807) is 11.3 Å². The van der Waals surface area contributed by atoms with Crippen molar-refractivity contribution in [1.82, 2.24) is 14.5 Å². The van der Waals surface area contributed by atoms with Gasteiger partial charge in [-0.25, -0.2) is 9.97 Å². The highest BCUT2D eigenvalue weighted by molar-refractivity contribution is 7.15. The van der Waals surface area contributed by atoms with Gasteiger partial charge in [0.25, 0.3) is 5.56 Å². The quantitative estimate of drug-likeness (QED) is 0.816. The number of piperidine rings is 1. The Morgan fingerprint density at radius 3 is 2.65 bits per heavy atom. The summed E-state index contributed by atoms with van der Waals surface area (Å²) in [6, 6.07) is 0.576. The van der Waals surface area contributed by atoms with Gasteiger partial charge in [-0.15, -0.1) is 11.3 Å². The Labute approximate surface area is 152 Å². The van der Waals surface area contributed by atoms with Crippen LogP contribution in [-0.2, 0) is 25.6 Å². The summed E-state index contributed by atoms with van der Waals surface area (Å²) in [5.41, 5.74) is -0.536. The molecule has 1 saturated heterocycles. The van der Waals surface area contributed by atoms with Crippen LogP contribution < -0.4 is 10.5 Å². The summed E-state index contributed by atoms with van der Waals surface area (Å²) in [5, 5.41) is 1.08. The Bertz CT molecular complexity index is 831. The summed E-state index contributed by atoms with van der Waals surface area (Å²) in [6.45, 7) is 2.13. The van der Waals surface area contributed by atoms with Gasteiger partial charge in [-0.3, -0.25) is 9.36 Å². The van der Waals surface area contributed by atoms with Gasteiger partial charge in [0.2, 0.25) is 0 Å². The van der Waals surface area contributed by atoms with E-state index < -0.39 is 17.4 Å². The number of aryl methyl sites for hydroxylation is 2. The van der Waals surface area contributed by atoms with Crippen molar-refractivity contribution in [2.75, 3.05) is 18.0 Å². The molecule has 0 radical (unpaired) electrons. The normalized spacial score (nSPS) is 18.3. The lowest BCUT2D eigenvalue weighted by atomic mass is 9.97. The molecule has 1 aliphatic heterocycles. The third kappa shape index (κ3) is 3.49. The van der Waals surface area contributed by atoms with E-state index in [2.05, 4.69) is 9.88 Å². The lowest BCUT2D eigenvalue weighted by Crippen LogP contribution is -2.36. The first-order chi connectivity index (χ1) is 12.4. The Kier molecular flexibility index (Phi) is 4.50. The molecule has 0 N–H and O–H groups in total. The molecule has 2 aromatic rings. The summed E-state index contributed by atoms with van der Waals surface area (Å²) in [6.07, 6.45) is 1.61. The summed E-state index contributed by atoms with van der Waals surface area (Å²) < 4.78 is 39.1. The van der Waals surface area contributed by atoms with Gasteiger partial charge in [-0.2, -0.15) is 13.2 Å². The van der Waals surface area contributed by atoms with Gasteiger partial charge in [-0.05, 0) is 38.0 Å². The predicted molar refractivity (Wildman–Crippen MR) is 92.6 cm³/mol. The molecule has 0 saturated carbocycles. The van der Waals surface area contributed by atoms with E-state index in [0.29, 0.717) is 12.6 Å². The first kappa shape index (κ1) is 17.5. The second kappa shape index (κ2) is 6.68. The molecule has 0 bridgehead atoms. The lowest BCUT2D eigenvalue weighted by molar-refractivity contribution is -0.141. The molecule has 1 fully saturated rings. The maximum atomic E-state index is 12.6. The van der Waals surface area contributed by atoms with E-state index in [-0.39, 0.29) is 5.92 Å². The average molecular weight is 384 g/mol. The Balaban J connectivity index is 1.37. The van der Waals surface area contributed by atoms with Gasteiger partial charge in [0, 0.05) is 30.6 Å². The highest BCUT2D eigenvalue weighted by Crippen LogP contribution is 2.34. The van der Waals surface area contributed by atoms with Crippen LogP contribution in [0.25, 0.3) is 0 Å². The molecule has 9 heteroatoms. The fourth-order valence-corrected chi connectivity index (χ4v) is 4.81. The molecule has 0 atom stereocenters. The number of fused-ring (bicyclic) bond motifs is 1. The molecule has 0 amide bonds. The van der Waals surface area contributed by atoms with E-state index in [1.165, 1.54) is 21.6 Å². The fourth-order valence-electron chi connectivity index (χ4n) is 3.62. The molecule has 3 heterocycles. The minimum Gasteiger partial charge on any atom is -0.348 e. The van der Waals surface area contributed by atoms with Crippen LogP contribution in [0.2, 0.25) is 0 Å². The Hall–Kier alpha value is -1.90. The largest absolute Gasteiger partial charge is 0.433 e. The lowest BCUT2D eigenvalue weighted by Gasteiger charge is -2.32. The number of hydrogen-bond acceptors (Lipinski definition) is 5. The third-order valence-electron chi connectivity index (χ3n) is 5.09. The number of nitrogens with zero attached hydrogens (tertiary/aromatic N) is 4. The monoisotopic (exact) mass is 384 g/mol. The first-order valence-corrected chi connectivity index (χ1v) is 9.59.